The molecule has 0 aliphatic carbocycles. The van der Waals surface area contributed by atoms with Crippen molar-refractivity contribution in [2.75, 3.05) is 26.3 Å². The SMILES string of the molecule is CCCCN(CCCC)C(=O)C1=C(C)OCCO1. The Hall–Kier alpha value is -1.19. The van der Waals surface area contributed by atoms with Crippen LogP contribution >= 0.6 is 0 Å². The zero-order chi connectivity index (χ0) is 13.4. The number of ether oxygens (including phenoxy) is 2. The molecule has 0 saturated heterocycles. The molecular weight excluding hydrogens is 230 g/mol. The quantitative estimate of drug-likeness (QED) is 0.702. The highest BCUT2D eigenvalue weighted by atomic mass is 16.6. The van der Waals surface area contributed by atoms with Gasteiger partial charge in [-0.15, -0.1) is 0 Å². The predicted octanol–water partition coefficient (Wildman–Crippen LogP) is 2.69. The maximum Gasteiger partial charge on any atom is 0.292 e. The number of carbonyl (C=O) groups is 1. The van der Waals surface area contributed by atoms with Crippen LogP contribution in [0, 0.1) is 0 Å². The lowest BCUT2D eigenvalue weighted by atomic mass is 10.2. The van der Waals surface area contributed by atoms with Crippen LogP contribution in [0.3, 0.4) is 0 Å². The van der Waals surface area contributed by atoms with E-state index in [4.69, 9.17) is 9.47 Å². The summed E-state index contributed by atoms with van der Waals surface area (Å²) in [4.78, 5) is 14.3. The van der Waals surface area contributed by atoms with E-state index in [9.17, 15) is 4.79 Å². The van der Waals surface area contributed by atoms with Crippen LogP contribution in [-0.4, -0.2) is 37.1 Å². The van der Waals surface area contributed by atoms with E-state index in [0.29, 0.717) is 24.7 Å². The van der Waals surface area contributed by atoms with Gasteiger partial charge in [0.25, 0.3) is 5.91 Å². The number of allylic oxidation sites excluding steroid dienone is 1. The minimum absolute atomic E-state index is 0.0194. The Balaban J connectivity index is 2.67. The van der Waals surface area contributed by atoms with Gasteiger partial charge in [-0.25, -0.2) is 0 Å². The largest absolute Gasteiger partial charge is 0.491 e. The fraction of sp³-hybridized carbons (Fsp3) is 0.786. The summed E-state index contributed by atoms with van der Waals surface area (Å²) < 4.78 is 10.8. The van der Waals surface area contributed by atoms with Gasteiger partial charge in [-0.2, -0.15) is 0 Å². The summed E-state index contributed by atoms with van der Waals surface area (Å²) in [6.45, 7) is 8.66. The average molecular weight is 255 g/mol. The highest BCUT2D eigenvalue weighted by molar-refractivity contribution is 5.92. The fourth-order valence-corrected chi connectivity index (χ4v) is 1.87. The zero-order valence-corrected chi connectivity index (χ0v) is 11.8. The van der Waals surface area contributed by atoms with E-state index in [0.717, 1.165) is 38.8 Å². The van der Waals surface area contributed by atoms with Gasteiger partial charge in [0, 0.05) is 13.1 Å². The van der Waals surface area contributed by atoms with Gasteiger partial charge in [-0.3, -0.25) is 4.79 Å². The zero-order valence-electron chi connectivity index (χ0n) is 11.8. The molecule has 104 valence electrons. The second kappa shape index (κ2) is 8.01. The molecule has 18 heavy (non-hydrogen) atoms. The van der Waals surface area contributed by atoms with E-state index in [-0.39, 0.29) is 5.91 Å². The first-order valence-electron chi connectivity index (χ1n) is 6.96. The van der Waals surface area contributed by atoms with Gasteiger partial charge in [0.15, 0.2) is 0 Å². The second-order valence-electron chi connectivity index (χ2n) is 4.58. The van der Waals surface area contributed by atoms with Crippen LogP contribution in [0.1, 0.15) is 46.5 Å². The number of nitrogens with zero attached hydrogens (tertiary/aromatic N) is 1. The van der Waals surface area contributed by atoms with E-state index in [2.05, 4.69) is 13.8 Å². The van der Waals surface area contributed by atoms with E-state index < -0.39 is 0 Å². The lowest BCUT2D eigenvalue weighted by molar-refractivity contribution is -0.133. The van der Waals surface area contributed by atoms with Crippen molar-refractivity contribution in [1.82, 2.24) is 4.90 Å². The van der Waals surface area contributed by atoms with E-state index in [1.165, 1.54) is 0 Å². The van der Waals surface area contributed by atoms with Gasteiger partial charge in [0.05, 0.1) is 0 Å². The van der Waals surface area contributed by atoms with E-state index >= 15 is 0 Å². The normalized spacial score (nSPS) is 15.1. The van der Waals surface area contributed by atoms with Crippen LogP contribution in [0.5, 0.6) is 0 Å². The van der Waals surface area contributed by atoms with Crippen molar-refractivity contribution >= 4 is 5.91 Å². The molecule has 0 aromatic rings. The summed E-state index contributed by atoms with van der Waals surface area (Å²) in [6.07, 6.45) is 4.24. The molecule has 0 saturated carbocycles. The van der Waals surface area contributed by atoms with Crippen molar-refractivity contribution in [2.24, 2.45) is 0 Å². The summed E-state index contributed by atoms with van der Waals surface area (Å²) >= 11 is 0. The minimum Gasteiger partial charge on any atom is -0.491 e. The third kappa shape index (κ3) is 4.24. The molecule has 1 rings (SSSR count). The van der Waals surface area contributed by atoms with Gasteiger partial charge in [-0.05, 0) is 19.8 Å². The molecule has 1 aliphatic rings. The number of carbonyl (C=O) groups excluding carboxylic acids is 1. The molecule has 0 bridgehead atoms. The molecule has 0 spiro atoms. The second-order valence-corrected chi connectivity index (χ2v) is 4.58. The summed E-state index contributed by atoms with van der Waals surface area (Å²) in [7, 11) is 0. The molecule has 0 unspecified atom stereocenters. The van der Waals surface area contributed by atoms with Crippen LogP contribution in [-0.2, 0) is 14.3 Å². The molecule has 1 amide bonds. The van der Waals surface area contributed by atoms with E-state index in [1.807, 2.05) is 4.90 Å². The Morgan fingerprint density at radius 3 is 2.17 bits per heavy atom. The van der Waals surface area contributed by atoms with Gasteiger partial charge in [-0.1, -0.05) is 26.7 Å². The van der Waals surface area contributed by atoms with Crippen molar-refractivity contribution in [2.45, 2.75) is 46.5 Å². The van der Waals surface area contributed by atoms with Crippen molar-refractivity contribution in [3.05, 3.63) is 11.5 Å². The molecule has 0 fully saturated rings. The monoisotopic (exact) mass is 255 g/mol. The fourth-order valence-electron chi connectivity index (χ4n) is 1.87. The van der Waals surface area contributed by atoms with Crippen molar-refractivity contribution in [1.29, 1.82) is 0 Å². The lowest BCUT2D eigenvalue weighted by Gasteiger charge is -2.26. The molecule has 4 nitrogen and oxygen atoms in total. The Morgan fingerprint density at radius 1 is 1.11 bits per heavy atom. The predicted molar refractivity (Wildman–Crippen MR) is 71.0 cm³/mol. The number of hydrogen-bond donors (Lipinski definition) is 0. The summed E-state index contributed by atoms with van der Waals surface area (Å²) in [6, 6.07) is 0. The van der Waals surface area contributed by atoms with Crippen LogP contribution in [0.25, 0.3) is 0 Å². The molecule has 0 aromatic heterocycles. The van der Waals surface area contributed by atoms with Crippen molar-refractivity contribution in [3.8, 4) is 0 Å². The average Bonchev–Trinajstić information content (AvgIpc) is 2.39. The Morgan fingerprint density at radius 2 is 1.67 bits per heavy atom. The Labute approximate surface area is 110 Å². The molecule has 0 atom stereocenters. The Kier molecular flexibility index (Phi) is 6.61. The van der Waals surface area contributed by atoms with Crippen LogP contribution in [0.15, 0.2) is 11.5 Å². The van der Waals surface area contributed by atoms with Crippen LogP contribution in [0.2, 0.25) is 0 Å². The molecule has 4 heteroatoms. The Bertz CT molecular complexity index is 291. The molecule has 1 heterocycles. The third-order valence-corrected chi connectivity index (χ3v) is 3.01. The standard InChI is InChI=1S/C14H25NO3/c1-4-6-8-15(9-7-5-2)14(16)13-12(3)17-10-11-18-13/h4-11H2,1-3H3. The summed E-state index contributed by atoms with van der Waals surface area (Å²) in [5.74, 6) is 0.992. The highest BCUT2D eigenvalue weighted by Gasteiger charge is 2.24. The number of hydrogen-bond acceptors (Lipinski definition) is 3. The van der Waals surface area contributed by atoms with Gasteiger partial charge in [0.2, 0.25) is 5.76 Å². The third-order valence-electron chi connectivity index (χ3n) is 3.01. The minimum atomic E-state index is -0.0194. The number of unbranched alkanes of at least 4 members (excludes halogenated alkanes) is 2. The highest BCUT2D eigenvalue weighted by Crippen LogP contribution is 2.16. The maximum absolute atomic E-state index is 12.4. The maximum atomic E-state index is 12.4. The summed E-state index contributed by atoms with van der Waals surface area (Å²) in [5, 5.41) is 0. The lowest BCUT2D eigenvalue weighted by Crippen LogP contribution is -2.36. The van der Waals surface area contributed by atoms with Crippen molar-refractivity contribution in [3.63, 3.8) is 0 Å². The molecule has 1 aliphatic heterocycles. The first-order chi connectivity index (χ1) is 8.70. The van der Waals surface area contributed by atoms with Gasteiger partial charge < -0.3 is 14.4 Å². The van der Waals surface area contributed by atoms with Crippen LogP contribution < -0.4 is 0 Å². The topological polar surface area (TPSA) is 38.8 Å². The molecular formula is C14H25NO3. The summed E-state index contributed by atoms with van der Waals surface area (Å²) in [5.41, 5.74) is 0. The van der Waals surface area contributed by atoms with Crippen LogP contribution in [0.4, 0.5) is 0 Å². The smallest absolute Gasteiger partial charge is 0.292 e. The van der Waals surface area contributed by atoms with Crippen molar-refractivity contribution < 1.29 is 14.3 Å². The van der Waals surface area contributed by atoms with Gasteiger partial charge >= 0.3 is 0 Å². The molecule has 0 N–H and O–H groups in total. The first kappa shape index (κ1) is 14.9. The number of rotatable bonds is 7. The first-order valence-corrected chi connectivity index (χ1v) is 6.96. The molecule has 0 radical (unpaired) electrons. The van der Waals surface area contributed by atoms with E-state index in [1.54, 1.807) is 6.92 Å². The van der Waals surface area contributed by atoms with Gasteiger partial charge in [0.1, 0.15) is 19.0 Å². The number of amides is 1. The molecule has 0 aromatic carbocycles.